The van der Waals surface area contributed by atoms with Crippen LogP contribution < -0.4 is 5.73 Å². The van der Waals surface area contributed by atoms with Crippen LogP contribution >= 0.6 is 47.8 Å². The maximum absolute atomic E-state index is 9.36. The number of hydrogen-bond acceptors (Lipinski definition) is 2. The molecule has 0 atom stereocenters. The standard InChI is InChI=1S/C6H4Br3NO/c7-2-1-3(10)5(9)6(11)4(2)8/h1,11H,10H2. The number of nitrogen functional groups attached to an aromatic ring is 1. The molecule has 0 heterocycles. The van der Waals surface area contributed by atoms with Gasteiger partial charge in [-0.15, -0.1) is 0 Å². The molecule has 0 aromatic heterocycles. The van der Waals surface area contributed by atoms with E-state index in [0.29, 0.717) is 14.6 Å². The van der Waals surface area contributed by atoms with Crippen molar-refractivity contribution in [1.82, 2.24) is 0 Å². The predicted octanol–water partition coefficient (Wildman–Crippen LogP) is 3.26. The van der Waals surface area contributed by atoms with Gasteiger partial charge in [0.25, 0.3) is 0 Å². The lowest BCUT2D eigenvalue weighted by Gasteiger charge is -2.04. The first-order valence-corrected chi connectivity index (χ1v) is 5.04. The topological polar surface area (TPSA) is 46.2 Å². The minimum Gasteiger partial charge on any atom is -0.505 e. The van der Waals surface area contributed by atoms with Crippen LogP contribution in [0.1, 0.15) is 0 Å². The lowest BCUT2D eigenvalue weighted by Crippen LogP contribution is -1.87. The van der Waals surface area contributed by atoms with Crippen LogP contribution in [0.4, 0.5) is 5.69 Å². The molecule has 1 aromatic carbocycles. The fourth-order valence-electron chi connectivity index (χ4n) is 0.609. The van der Waals surface area contributed by atoms with Crippen LogP contribution in [0.5, 0.6) is 5.75 Å². The van der Waals surface area contributed by atoms with Gasteiger partial charge in [-0.3, -0.25) is 0 Å². The van der Waals surface area contributed by atoms with Crippen molar-refractivity contribution >= 4 is 53.5 Å². The molecule has 0 saturated heterocycles. The number of benzene rings is 1. The minimum absolute atomic E-state index is 0.108. The van der Waals surface area contributed by atoms with Gasteiger partial charge in [0.1, 0.15) is 5.75 Å². The molecule has 0 unspecified atom stereocenters. The van der Waals surface area contributed by atoms with Crippen molar-refractivity contribution in [2.24, 2.45) is 0 Å². The Morgan fingerprint density at radius 1 is 1.18 bits per heavy atom. The van der Waals surface area contributed by atoms with Crippen molar-refractivity contribution in [3.05, 3.63) is 19.5 Å². The zero-order chi connectivity index (χ0) is 8.59. The summed E-state index contributed by atoms with van der Waals surface area (Å²) in [5.74, 6) is 0.108. The van der Waals surface area contributed by atoms with Gasteiger partial charge in [-0.05, 0) is 53.9 Å². The van der Waals surface area contributed by atoms with Crippen LogP contribution in [-0.2, 0) is 0 Å². The smallest absolute Gasteiger partial charge is 0.147 e. The molecule has 11 heavy (non-hydrogen) atoms. The lowest BCUT2D eigenvalue weighted by atomic mass is 10.3. The summed E-state index contributed by atoms with van der Waals surface area (Å²) in [6, 6.07) is 1.70. The summed E-state index contributed by atoms with van der Waals surface area (Å²) in [5, 5.41) is 9.36. The average Bonchev–Trinajstić information content (AvgIpc) is 1.97. The van der Waals surface area contributed by atoms with Crippen LogP contribution in [0.3, 0.4) is 0 Å². The first-order valence-electron chi connectivity index (χ1n) is 2.66. The highest BCUT2D eigenvalue weighted by atomic mass is 79.9. The SMILES string of the molecule is Nc1cc(Br)c(Br)c(O)c1Br. The third-order valence-corrected chi connectivity index (χ3v) is 3.95. The van der Waals surface area contributed by atoms with Crippen molar-refractivity contribution in [3.8, 4) is 5.75 Å². The Morgan fingerprint density at radius 2 is 1.73 bits per heavy atom. The van der Waals surface area contributed by atoms with Crippen LogP contribution in [0.15, 0.2) is 19.5 Å². The summed E-state index contributed by atoms with van der Waals surface area (Å²) in [5.41, 5.74) is 6.03. The van der Waals surface area contributed by atoms with E-state index in [1.807, 2.05) is 0 Å². The normalized spacial score (nSPS) is 10.1. The summed E-state index contributed by atoms with van der Waals surface area (Å²) in [7, 11) is 0. The highest BCUT2D eigenvalue weighted by Gasteiger charge is 2.09. The van der Waals surface area contributed by atoms with Gasteiger partial charge in [0.2, 0.25) is 0 Å². The number of aromatic hydroxyl groups is 1. The molecule has 60 valence electrons. The first kappa shape index (κ1) is 9.35. The fraction of sp³-hybridized carbons (Fsp3) is 0. The molecule has 0 amide bonds. The largest absolute Gasteiger partial charge is 0.505 e. The summed E-state index contributed by atoms with van der Waals surface area (Å²) >= 11 is 9.54. The molecule has 0 radical (unpaired) electrons. The third-order valence-electron chi connectivity index (χ3n) is 1.16. The molecule has 1 rings (SSSR count). The second kappa shape index (κ2) is 3.33. The van der Waals surface area contributed by atoms with E-state index in [-0.39, 0.29) is 5.75 Å². The third kappa shape index (κ3) is 1.71. The van der Waals surface area contributed by atoms with Gasteiger partial charge in [-0.2, -0.15) is 0 Å². The summed E-state index contributed by atoms with van der Waals surface area (Å²) in [6.07, 6.45) is 0. The molecule has 0 spiro atoms. The van der Waals surface area contributed by atoms with Crippen molar-refractivity contribution in [2.45, 2.75) is 0 Å². The molecule has 5 heteroatoms. The Bertz CT molecular complexity index is 274. The number of phenolic OH excluding ortho intramolecular Hbond substituents is 1. The van der Waals surface area contributed by atoms with Gasteiger partial charge in [-0.1, -0.05) is 0 Å². The maximum atomic E-state index is 9.36. The highest BCUT2D eigenvalue weighted by Crippen LogP contribution is 2.41. The number of hydrogen-bond donors (Lipinski definition) is 2. The monoisotopic (exact) mass is 343 g/mol. The van der Waals surface area contributed by atoms with E-state index in [9.17, 15) is 5.11 Å². The van der Waals surface area contributed by atoms with Crippen LogP contribution in [0.25, 0.3) is 0 Å². The number of anilines is 1. The second-order valence-corrected chi connectivity index (χ2v) is 4.36. The molecule has 0 aliphatic heterocycles. The van der Waals surface area contributed by atoms with Gasteiger partial charge in [0.15, 0.2) is 0 Å². The molecule has 2 nitrogen and oxygen atoms in total. The molecule has 0 saturated carbocycles. The Kier molecular flexibility index (Phi) is 2.83. The Balaban J connectivity index is 3.46. The van der Waals surface area contributed by atoms with Crippen LogP contribution in [-0.4, -0.2) is 5.11 Å². The van der Waals surface area contributed by atoms with Gasteiger partial charge in [-0.25, -0.2) is 0 Å². The van der Waals surface area contributed by atoms with E-state index < -0.39 is 0 Å². The number of nitrogens with two attached hydrogens (primary N) is 1. The molecule has 0 fully saturated rings. The van der Waals surface area contributed by atoms with E-state index in [1.165, 1.54) is 0 Å². The minimum atomic E-state index is 0.108. The number of rotatable bonds is 0. The Morgan fingerprint density at radius 3 is 2.27 bits per heavy atom. The molecule has 0 bridgehead atoms. The van der Waals surface area contributed by atoms with E-state index in [2.05, 4.69) is 47.8 Å². The molecular weight excluding hydrogens is 342 g/mol. The van der Waals surface area contributed by atoms with Gasteiger partial charge in [0, 0.05) is 4.47 Å². The molecule has 1 aromatic rings. The van der Waals surface area contributed by atoms with Crippen molar-refractivity contribution in [3.63, 3.8) is 0 Å². The fourth-order valence-corrected chi connectivity index (χ4v) is 1.94. The Hall–Kier alpha value is 0.260. The number of phenols is 1. The van der Waals surface area contributed by atoms with Crippen molar-refractivity contribution in [1.29, 1.82) is 0 Å². The summed E-state index contributed by atoms with van der Waals surface area (Å²) < 4.78 is 1.84. The van der Waals surface area contributed by atoms with Crippen molar-refractivity contribution < 1.29 is 5.11 Å². The van der Waals surface area contributed by atoms with E-state index in [1.54, 1.807) is 6.07 Å². The van der Waals surface area contributed by atoms with Crippen molar-refractivity contribution in [2.75, 3.05) is 5.73 Å². The summed E-state index contributed by atoms with van der Waals surface area (Å²) in [6.45, 7) is 0. The lowest BCUT2D eigenvalue weighted by molar-refractivity contribution is 0.468. The van der Waals surface area contributed by atoms with Gasteiger partial charge >= 0.3 is 0 Å². The Labute approximate surface area is 89.2 Å². The molecule has 0 aliphatic carbocycles. The molecule has 0 aliphatic rings. The van der Waals surface area contributed by atoms with Crippen LogP contribution in [0, 0.1) is 0 Å². The van der Waals surface area contributed by atoms with E-state index in [0.717, 1.165) is 4.47 Å². The van der Waals surface area contributed by atoms with E-state index >= 15 is 0 Å². The predicted molar refractivity (Wildman–Crippen MR) is 55.6 cm³/mol. The molecule has 3 N–H and O–H groups in total. The average molecular weight is 346 g/mol. The van der Waals surface area contributed by atoms with Crippen LogP contribution in [0.2, 0.25) is 0 Å². The van der Waals surface area contributed by atoms with Gasteiger partial charge in [0.05, 0.1) is 14.6 Å². The molecular formula is C6H4Br3NO. The quantitative estimate of drug-likeness (QED) is 0.560. The highest BCUT2D eigenvalue weighted by molar-refractivity contribution is 9.13. The van der Waals surface area contributed by atoms with E-state index in [4.69, 9.17) is 5.73 Å². The zero-order valence-electron chi connectivity index (χ0n) is 5.24. The first-order chi connectivity index (χ1) is 5.04. The zero-order valence-corrected chi connectivity index (χ0v) is 9.99. The second-order valence-electron chi connectivity index (χ2n) is 1.92. The van der Waals surface area contributed by atoms with Gasteiger partial charge < -0.3 is 10.8 Å². The number of halogens is 3. The maximum Gasteiger partial charge on any atom is 0.147 e. The summed E-state index contributed by atoms with van der Waals surface area (Å²) in [4.78, 5) is 0.